The third kappa shape index (κ3) is 3.63. The zero-order chi connectivity index (χ0) is 13.2. The van der Waals surface area contributed by atoms with Crippen molar-refractivity contribution in [2.24, 2.45) is 5.92 Å². The van der Waals surface area contributed by atoms with E-state index in [2.05, 4.69) is 17.0 Å². The normalized spacial score (nSPS) is 17.2. The van der Waals surface area contributed by atoms with Crippen LogP contribution in [0.2, 0.25) is 0 Å². The van der Waals surface area contributed by atoms with E-state index in [1.807, 2.05) is 18.2 Å². The van der Waals surface area contributed by atoms with Crippen LogP contribution in [-0.4, -0.2) is 20.7 Å². The van der Waals surface area contributed by atoms with Crippen molar-refractivity contribution in [2.75, 3.05) is 16.3 Å². The van der Waals surface area contributed by atoms with Gasteiger partial charge in [0.15, 0.2) is 0 Å². The molecule has 1 fully saturated rings. The molecule has 5 heteroatoms. The summed E-state index contributed by atoms with van der Waals surface area (Å²) in [4.78, 5) is 0. The topological polar surface area (TPSA) is 58.2 Å². The highest BCUT2D eigenvalue weighted by Gasteiger charge is 2.30. The monoisotopic (exact) mass is 268 g/mol. The minimum absolute atomic E-state index is 0.438. The first-order valence-corrected chi connectivity index (χ1v) is 8.22. The highest BCUT2D eigenvalue weighted by Crippen LogP contribution is 2.36. The van der Waals surface area contributed by atoms with Crippen LogP contribution in [0.25, 0.3) is 0 Å². The first-order valence-electron chi connectivity index (χ1n) is 6.33. The highest BCUT2D eigenvalue weighted by molar-refractivity contribution is 7.92. The van der Waals surface area contributed by atoms with Gasteiger partial charge in [0.1, 0.15) is 0 Å². The van der Waals surface area contributed by atoms with Gasteiger partial charge in [-0.05, 0) is 37.3 Å². The Balaban J connectivity index is 2.16. The second-order valence-corrected chi connectivity index (χ2v) is 6.66. The van der Waals surface area contributed by atoms with Gasteiger partial charge in [0.05, 0.1) is 17.6 Å². The average Bonchev–Trinajstić information content (AvgIpc) is 3.10. The van der Waals surface area contributed by atoms with E-state index in [0.717, 1.165) is 18.0 Å². The molecule has 1 saturated carbocycles. The molecule has 1 aliphatic rings. The first-order chi connectivity index (χ1) is 8.49. The van der Waals surface area contributed by atoms with Crippen molar-refractivity contribution < 1.29 is 8.42 Å². The Hall–Kier alpha value is -1.23. The average molecular weight is 268 g/mol. The van der Waals surface area contributed by atoms with Crippen molar-refractivity contribution in [2.45, 2.75) is 32.2 Å². The Bertz CT molecular complexity index is 509. The number of hydrogen-bond donors (Lipinski definition) is 2. The molecule has 2 rings (SSSR count). The number of sulfonamides is 1. The van der Waals surface area contributed by atoms with Crippen LogP contribution >= 0.6 is 0 Å². The first kappa shape index (κ1) is 13.2. The molecular formula is C13H20N2O2S. The largest absolute Gasteiger partial charge is 0.380 e. The van der Waals surface area contributed by atoms with Gasteiger partial charge in [-0.2, -0.15) is 0 Å². The van der Waals surface area contributed by atoms with Crippen molar-refractivity contribution in [1.82, 2.24) is 0 Å². The van der Waals surface area contributed by atoms with Gasteiger partial charge >= 0.3 is 0 Å². The summed E-state index contributed by atoms with van der Waals surface area (Å²) < 4.78 is 25.2. The maximum atomic E-state index is 11.3. The predicted octanol–water partition coefficient (Wildman–Crippen LogP) is 2.66. The van der Waals surface area contributed by atoms with Crippen LogP contribution in [0.4, 0.5) is 11.4 Å². The smallest absolute Gasteiger partial charge is 0.229 e. The minimum atomic E-state index is -3.24. The highest BCUT2D eigenvalue weighted by atomic mass is 32.2. The standard InChI is InChI=1S/C13H20N2O2S/c1-3-11(10-8-9-10)14-12-6-4-5-7-13(12)15-18(2,16)17/h4-7,10-11,14-15H,3,8-9H2,1-2H3. The SMILES string of the molecule is CCC(Nc1ccccc1NS(C)(=O)=O)C1CC1. The van der Waals surface area contributed by atoms with Gasteiger partial charge in [0, 0.05) is 6.04 Å². The van der Waals surface area contributed by atoms with E-state index in [0.29, 0.717) is 11.7 Å². The van der Waals surface area contributed by atoms with Crippen LogP contribution in [0.3, 0.4) is 0 Å². The predicted molar refractivity (Wildman–Crippen MR) is 75.3 cm³/mol. The molecule has 2 N–H and O–H groups in total. The molecule has 0 bridgehead atoms. The number of rotatable bonds is 6. The van der Waals surface area contributed by atoms with Gasteiger partial charge in [-0.15, -0.1) is 0 Å². The van der Waals surface area contributed by atoms with E-state index < -0.39 is 10.0 Å². The van der Waals surface area contributed by atoms with Crippen molar-refractivity contribution >= 4 is 21.4 Å². The number of hydrogen-bond acceptors (Lipinski definition) is 3. The molecule has 0 saturated heterocycles. The summed E-state index contributed by atoms with van der Waals surface area (Å²) in [6.45, 7) is 2.16. The number of benzene rings is 1. The zero-order valence-corrected chi connectivity index (χ0v) is 11.6. The van der Waals surface area contributed by atoms with Crippen LogP contribution < -0.4 is 10.0 Å². The van der Waals surface area contributed by atoms with Gasteiger partial charge in [-0.1, -0.05) is 19.1 Å². The number of nitrogens with one attached hydrogen (secondary N) is 2. The van der Waals surface area contributed by atoms with E-state index in [4.69, 9.17) is 0 Å². The van der Waals surface area contributed by atoms with Gasteiger partial charge in [0.25, 0.3) is 0 Å². The fourth-order valence-electron chi connectivity index (χ4n) is 2.15. The van der Waals surface area contributed by atoms with Crippen molar-refractivity contribution in [3.8, 4) is 0 Å². The summed E-state index contributed by atoms with van der Waals surface area (Å²) >= 11 is 0. The third-order valence-corrected chi connectivity index (χ3v) is 3.78. The lowest BCUT2D eigenvalue weighted by Crippen LogP contribution is -2.22. The lowest BCUT2D eigenvalue weighted by Gasteiger charge is -2.20. The Morgan fingerprint density at radius 1 is 1.28 bits per heavy atom. The minimum Gasteiger partial charge on any atom is -0.380 e. The molecule has 1 unspecified atom stereocenters. The Morgan fingerprint density at radius 3 is 2.39 bits per heavy atom. The van der Waals surface area contributed by atoms with Crippen LogP contribution in [0.5, 0.6) is 0 Å². The number of para-hydroxylation sites is 2. The summed E-state index contributed by atoms with van der Waals surface area (Å²) in [5.41, 5.74) is 1.49. The van der Waals surface area contributed by atoms with E-state index in [1.54, 1.807) is 6.07 Å². The van der Waals surface area contributed by atoms with Crippen molar-refractivity contribution in [1.29, 1.82) is 0 Å². The molecule has 1 aromatic rings. The molecule has 100 valence electrons. The van der Waals surface area contributed by atoms with Crippen LogP contribution in [-0.2, 0) is 10.0 Å². The quantitative estimate of drug-likeness (QED) is 0.834. The Morgan fingerprint density at radius 2 is 1.89 bits per heavy atom. The Labute approximate surface area is 109 Å². The van der Waals surface area contributed by atoms with Gasteiger partial charge in [0.2, 0.25) is 10.0 Å². The lowest BCUT2D eigenvalue weighted by atomic mass is 10.1. The second kappa shape index (κ2) is 5.18. The molecule has 1 aromatic carbocycles. The molecule has 0 amide bonds. The molecule has 4 nitrogen and oxygen atoms in total. The molecule has 1 atom stereocenters. The van der Waals surface area contributed by atoms with Crippen molar-refractivity contribution in [3.63, 3.8) is 0 Å². The van der Waals surface area contributed by atoms with Crippen LogP contribution in [0.1, 0.15) is 26.2 Å². The maximum absolute atomic E-state index is 11.3. The molecule has 0 radical (unpaired) electrons. The molecule has 0 aliphatic heterocycles. The fraction of sp³-hybridized carbons (Fsp3) is 0.538. The third-order valence-electron chi connectivity index (χ3n) is 3.19. The summed E-state index contributed by atoms with van der Waals surface area (Å²) in [6, 6.07) is 7.88. The van der Waals surface area contributed by atoms with E-state index in [-0.39, 0.29) is 0 Å². The van der Waals surface area contributed by atoms with E-state index in [9.17, 15) is 8.42 Å². The van der Waals surface area contributed by atoms with Crippen LogP contribution in [0, 0.1) is 5.92 Å². The molecule has 0 heterocycles. The van der Waals surface area contributed by atoms with Crippen molar-refractivity contribution in [3.05, 3.63) is 24.3 Å². The number of anilines is 2. The zero-order valence-electron chi connectivity index (χ0n) is 10.8. The van der Waals surface area contributed by atoms with Gasteiger partial charge in [-0.25, -0.2) is 8.42 Å². The molecule has 0 spiro atoms. The summed E-state index contributed by atoms with van der Waals surface area (Å²) in [6.07, 6.45) is 4.76. The lowest BCUT2D eigenvalue weighted by molar-refractivity contribution is 0.606. The van der Waals surface area contributed by atoms with E-state index in [1.165, 1.54) is 19.1 Å². The molecule has 18 heavy (non-hydrogen) atoms. The van der Waals surface area contributed by atoms with Crippen LogP contribution in [0.15, 0.2) is 24.3 Å². The fourth-order valence-corrected chi connectivity index (χ4v) is 2.73. The summed E-state index contributed by atoms with van der Waals surface area (Å²) in [5.74, 6) is 0.737. The summed E-state index contributed by atoms with van der Waals surface area (Å²) in [7, 11) is -3.24. The van der Waals surface area contributed by atoms with Gasteiger partial charge in [-0.3, -0.25) is 4.72 Å². The summed E-state index contributed by atoms with van der Waals surface area (Å²) in [5, 5.41) is 3.45. The van der Waals surface area contributed by atoms with E-state index >= 15 is 0 Å². The Kier molecular flexibility index (Phi) is 3.80. The second-order valence-electron chi connectivity index (χ2n) is 4.92. The maximum Gasteiger partial charge on any atom is 0.229 e. The molecular weight excluding hydrogens is 248 g/mol. The van der Waals surface area contributed by atoms with Gasteiger partial charge < -0.3 is 5.32 Å². The molecule has 0 aromatic heterocycles. The molecule has 1 aliphatic carbocycles.